The van der Waals surface area contributed by atoms with E-state index in [1.54, 1.807) is 0 Å². The third-order valence-electron chi connectivity index (χ3n) is 15.6. The average Bonchev–Trinajstić information content (AvgIpc) is 3.83. The summed E-state index contributed by atoms with van der Waals surface area (Å²) in [6.07, 6.45) is 0. The molecule has 0 fully saturated rings. The highest BCUT2D eigenvalue weighted by molar-refractivity contribution is 6.94. The van der Waals surface area contributed by atoms with Gasteiger partial charge in [0.25, 0.3) is 0 Å². The molecule has 0 radical (unpaired) electrons. The Morgan fingerprint density at radius 2 is 1.09 bits per heavy atom. The molecule has 2 aliphatic heterocycles. The van der Waals surface area contributed by atoms with Crippen molar-refractivity contribution in [1.29, 1.82) is 0 Å². The summed E-state index contributed by atoms with van der Waals surface area (Å²) >= 11 is 0. The average molecular weight is 891 g/mol. The molecule has 3 heterocycles. The van der Waals surface area contributed by atoms with Crippen molar-refractivity contribution in [2.24, 2.45) is 0 Å². The van der Waals surface area contributed by atoms with Gasteiger partial charge in [-0.25, -0.2) is 0 Å². The van der Waals surface area contributed by atoms with E-state index >= 15 is 0 Å². The fourth-order valence-electron chi connectivity index (χ4n) is 11.9. The van der Waals surface area contributed by atoms with Gasteiger partial charge in [-0.2, -0.15) is 0 Å². The van der Waals surface area contributed by atoms with E-state index in [9.17, 15) is 0 Å². The number of para-hydroxylation sites is 1. The van der Waals surface area contributed by atoms with E-state index in [0.29, 0.717) is 0 Å². The predicted octanol–water partition coefficient (Wildman–Crippen LogP) is 16.5. The fourth-order valence-corrected chi connectivity index (χ4v) is 11.9. The monoisotopic (exact) mass is 890 g/mol. The smallest absolute Gasteiger partial charge is 0.333 e. The Balaban J connectivity index is 1.22. The molecule has 0 saturated heterocycles. The predicted molar refractivity (Wildman–Crippen MR) is 293 cm³/mol. The van der Waals surface area contributed by atoms with Crippen LogP contribution in [0.1, 0.15) is 77.6 Å². The van der Waals surface area contributed by atoms with Gasteiger partial charge in [0.15, 0.2) is 0 Å². The maximum atomic E-state index is 6.87. The number of rotatable bonds is 4. The molecule has 4 heteroatoms. The van der Waals surface area contributed by atoms with Gasteiger partial charge in [0.2, 0.25) is 0 Å². The lowest BCUT2D eigenvalue weighted by atomic mass is 9.42. The molecule has 0 saturated carbocycles. The minimum absolute atomic E-state index is 0.00722. The lowest BCUT2D eigenvalue weighted by Crippen LogP contribution is -2.61. The van der Waals surface area contributed by atoms with Crippen LogP contribution >= 0.6 is 0 Å². The van der Waals surface area contributed by atoms with Gasteiger partial charge < -0.3 is 14.1 Å². The largest absolute Gasteiger partial charge is 0.456 e. The summed E-state index contributed by atoms with van der Waals surface area (Å²) in [5.74, 6) is 0. The molecule has 334 valence electrons. The maximum absolute atomic E-state index is 6.87. The summed E-state index contributed by atoms with van der Waals surface area (Å²) in [7, 11) is 0. The number of hydrogen-bond donors (Lipinski definition) is 0. The molecule has 0 unspecified atom stereocenters. The number of fused-ring (bicyclic) bond motifs is 11. The maximum Gasteiger partial charge on any atom is 0.333 e. The van der Waals surface area contributed by atoms with E-state index in [1.165, 1.54) is 89.1 Å². The van der Waals surface area contributed by atoms with Crippen LogP contribution in [0.15, 0.2) is 192 Å². The molecular formula is C65H55BN2O. The Kier molecular flexibility index (Phi) is 8.88. The fraction of sp³-hybridized carbons (Fsp3) is 0.169. The van der Waals surface area contributed by atoms with Gasteiger partial charge in [-0.3, -0.25) is 0 Å². The molecule has 69 heavy (non-hydrogen) atoms. The first-order valence-electron chi connectivity index (χ1n) is 24.6. The van der Waals surface area contributed by atoms with Crippen molar-refractivity contribution in [1.82, 2.24) is 0 Å². The van der Waals surface area contributed by atoms with Crippen LogP contribution < -0.4 is 20.6 Å². The first kappa shape index (κ1) is 41.6. The summed E-state index contributed by atoms with van der Waals surface area (Å²) < 4.78 is 6.87. The highest BCUT2D eigenvalue weighted by Gasteiger charge is 2.50. The van der Waals surface area contributed by atoms with Crippen molar-refractivity contribution < 1.29 is 4.42 Å². The molecule has 0 spiro atoms. The van der Waals surface area contributed by atoms with Crippen LogP contribution in [0.25, 0.3) is 66.4 Å². The van der Waals surface area contributed by atoms with Crippen molar-refractivity contribution in [3.05, 3.63) is 210 Å². The molecule has 3 nitrogen and oxygen atoms in total. The lowest BCUT2D eigenvalue weighted by molar-refractivity contribution is 0.590. The second kappa shape index (κ2) is 14.7. The van der Waals surface area contributed by atoms with Gasteiger partial charge >= 0.3 is 6.85 Å². The molecule has 0 N–H and O–H groups in total. The molecule has 0 bridgehead atoms. The Morgan fingerprint density at radius 1 is 0.435 bits per heavy atom. The quantitative estimate of drug-likeness (QED) is 0.164. The molecule has 1 aromatic heterocycles. The SMILES string of the molecule is CC(C)(C)c1ccc(N2B3c4cc5oc6ccccc6c5cc4N(c4ccc(C(C)(C)C)cc4-c4ccccc4)c4cc5c(c(c43)-c3cc(-c4ccccc4)ccc32)-c2ccccc2C5(C)C)cc1. The number of furan rings is 1. The van der Waals surface area contributed by atoms with Crippen LogP contribution in [-0.4, -0.2) is 6.85 Å². The van der Waals surface area contributed by atoms with Crippen LogP contribution in [0.5, 0.6) is 0 Å². The van der Waals surface area contributed by atoms with Crippen LogP contribution in [0.3, 0.4) is 0 Å². The number of anilines is 5. The van der Waals surface area contributed by atoms with E-state index in [1.807, 2.05) is 0 Å². The lowest BCUT2D eigenvalue weighted by Gasteiger charge is -2.47. The van der Waals surface area contributed by atoms with E-state index in [4.69, 9.17) is 4.42 Å². The molecule has 1 aliphatic carbocycles. The molecule has 13 rings (SSSR count). The van der Waals surface area contributed by atoms with E-state index in [-0.39, 0.29) is 23.1 Å². The number of hydrogen-bond acceptors (Lipinski definition) is 3. The van der Waals surface area contributed by atoms with E-state index < -0.39 is 0 Å². The second-order valence-corrected chi connectivity index (χ2v) is 22.1. The van der Waals surface area contributed by atoms with Crippen LogP contribution in [-0.2, 0) is 16.2 Å². The van der Waals surface area contributed by atoms with E-state index in [2.05, 4.69) is 253 Å². The second-order valence-electron chi connectivity index (χ2n) is 22.1. The molecule has 0 amide bonds. The summed E-state index contributed by atoms with van der Waals surface area (Å²) in [6.45, 7) is 18.5. The normalized spacial score (nSPS) is 14.4. The Bertz CT molecular complexity index is 3720. The Labute approximate surface area is 406 Å². The summed E-state index contributed by atoms with van der Waals surface area (Å²) in [5, 5.41) is 2.24. The number of nitrogens with zero attached hydrogens (tertiary/aromatic N) is 2. The zero-order valence-corrected chi connectivity index (χ0v) is 40.8. The molecular weight excluding hydrogens is 836 g/mol. The number of benzene rings is 9. The third kappa shape index (κ3) is 6.20. The van der Waals surface area contributed by atoms with Crippen molar-refractivity contribution in [3.63, 3.8) is 0 Å². The zero-order chi connectivity index (χ0) is 47.1. The van der Waals surface area contributed by atoms with Crippen molar-refractivity contribution >= 4 is 68.1 Å². The zero-order valence-electron chi connectivity index (χ0n) is 40.8. The van der Waals surface area contributed by atoms with E-state index in [0.717, 1.165) is 39.0 Å². The van der Waals surface area contributed by atoms with Crippen LogP contribution in [0, 0.1) is 0 Å². The van der Waals surface area contributed by atoms with Crippen molar-refractivity contribution in [2.75, 3.05) is 9.71 Å². The van der Waals surface area contributed by atoms with Gasteiger partial charge in [-0.05, 0) is 138 Å². The van der Waals surface area contributed by atoms with Crippen molar-refractivity contribution in [3.8, 4) is 44.5 Å². The topological polar surface area (TPSA) is 19.6 Å². The minimum Gasteiger partial charge on any atom is -0.456 e. The highest BCUT2D eigenvalue weighted by atomic mass is 16.3. The molecule has 9 aromatic carbocycles. The highest BCUT2D eigenvalue weighted by Crippen LogP contribution is 2.58. The van der Waals surface area contributed by atoms with Crippen molar-refractivity contribution in [2.45, 2.75) is 71.6 Å². The molecule has 10 aromatic rings. The van der Waals surface area contributed by atoms with Gasteiger partial charge in [0.05, 0.1) is 5.69 Å². The first-order chi connectivity index (χ1) is 33.3. The summed E-state index contributed by atoms with van der Waals surface area (Å²) in [4.78, 5) is 5.28. The van der Waals surface area contributed by atoms with Crippen LogP contribution in [0.4, 0.5) is 28.4 Å². The first-order valence-corrected chi connectivity index (χ1v) is 24.6. The minimum atomic E-state index is -0.265. The van der Waals surface area contributed by atoms with Gasteiger partial charge in [-0.1, -0.05) is 183 Å². The van der Waals surface area contributed by atoms with Gasteiger partial charge in [0.1, 0.15) is 11.2 Å². The third-order valence-corrected chi connectivity index (χ3v) is 15.6. The summed E-state index contributed by atoms with van der Waals surface area (Å²) in [6, 6.07) is 70.8. The Hall–Kier alpha value is -7.56. The molecule has 3 aliphatic rings. The van der Waals surface area contributed by atoms with Gasteiger partial charge in [0, 0.05) is 50.1 Å². The molecule has 0 atom stereocenters. The summed E-state index contributed by atoms with van der Waals surface area (Å²) in [5.41, 5.74) is 25.2. The standard InChI is InChI=1S/C65H55BN2O/c1-63(2,3)43-28-31-45(32-29-43)68-55-33-27-42(40-19-11-9-12-20-40)35-50(55)61-60-47-24-15-17-25-51(47)65(7,8)52(60)38-57-62(61)66(68)53-39-59-49(46-23-16-18-26-58(46)69-59)37-56(53)67(57)54-34-30-44(64(4,5)6)36-48(54)41-21-13-10-14-22-41/h9-39H,1-8H3. The van der Waals surface area contributed by atoms with Crippen LogP contribution in [0.2, 0.25) is 0 Å². The Morgan fingerprint density at radius 3 is 1.83 bits per heavy atom. The van der Waals surface area contributed by atoms with Gasteiger partial charge in [-0.15, -0.1) is 0 Å².